The number of hydrogen-bond acceptors (Lipinski definition) is 2. The van der Waals surface area contributed by atoms with E-state index in [-0.39, 0.29) is 11.6 Å². The number of ketones is 1. The molecule has 2 aromatic rings. The molecule has 3 heteroatoms. The van der Waals surface area contributed by atoms with Crippen LogP contribution < -0.4 is 4.90 Å². The van der Waals surface area contributed by atoms with E-state index >= 15 is 0 Å². The largest absolute Gasteiger partial charge is 0.339 e. The number of aryl methyl sites for hydroxylation is 1. The van der Waals surface area contributed by atoms with Gasteiger partial charge in [-0.1, -0.05) is 17.7 Å². The van der Waals surface area contributed by atoms with Crippen molar-refractivity contribution in [2.75, 3.05) is 11.4 Å². The summed E-state index contributed by atoms with van der Waals surface area (Å²) in [6, 6.07) is 12.6. The molecule has 0 saturated heterocycles. The third-order valence-corrected chi connectivity index (χ3v) is 3.31. The molecule has 0 atom stereocenters. The number of nitrogens with zero attached hydrogens (tertiary/aromatic N) is 1. The summed E-state index contributed by atoms with van der Waals surface area (Å²) in [7, 11) is 0. The SMILES string of the molecule is CCN(c1ccc(C)cc1)c1ccc(C(C)=O)cc1F. The number of halogens is 1. The van der Waals surface area contributed by atoms with Crippen molar-refractivity contribution in [3.05, 3.63) is 59.4 Å². The summed E-state index contributed by atoms with van der Waals surface area (Å²) in [5.41, 5.74) is 2.98. The fraction of sp³-hybridized carbons (Fsp3) is 0.235. The van der Waals surface area contributed by atoms with Crippen LogP contribution in [0.2, 0.25) is 0 Å². The summed E-state index contributed by atoms with van der Waals surface area (Å²) in [4.78, 5) is 13.2. The number of benzene rings is 2. The topological polar surface area (TPSA) is 20.3 Å². The smallest absolute Gasteiger partial charge is 0.159 e. The Morgan fingerprint density at radius 2 is 1.80 bits per heavy atom. The van der Waals surface area contributed by atoms with Crippen molar-refractivity contribution >= 4 is 17.2 Å². The lowest BCUT2D eigenvalue weighted by Crippen LogP contribution is -2.17. The van der Waals surface area contributed by atoms with Gasteiger partial charge in [0.1, 0.15) is 5.82 Å². The van der Waals surface area contributed by atoms with Crippen LogP contribution in [0.1, 0.15) is 29.8 Å². The normalized spacial score (nSPS) is 10.4. The van der Waals surface area contributed by atoms with Gasteiger partial charge in [-0.25, -0.2) is 4.39 Å². The van der Waals surface area contributed by atoms with Gasteiger partial charge < -0.3 is 4.90 Å². The first kappa shape index (κ1) is 14.3. The maximum atomic E-state index is 14.2. The van der Waals surface area contributed by atoms with Crippen molar-refractivity contribution in [2.24, 2.45) is 0 Å². The first-order chi connectivity index (χ1) is 9.52. The van der Waals surface area contributed by atoms with Crippen LogP contribution in [0.3, 0.4) is 0 Å². The molecule has 0 aliphatic carbocycles. The number of anilines is 2. The molecule has 0 fully saturated rings. The lowest BCUT2D eigenvalue weighted by atomic mass is 10.1. The highest BCUT2D eigenvalue weighted by Crippen LogP contribution is 2.28. The van der Waals surface area contributed by atoms with Crippen LogP contribution in [-0.4, -0.2) is 12.3 Å². The zero-order valence-corrected chi connectivity index (χ0v) is 12.0. The number of Topliss-reactive ketones (excluding diaryl/α,β-unsaturated/α-hetero) is 1. The highest BCUT2D eigenvalue weighted by atomic mass is 19.1. The summed E-state index contributed by atoms with van der Waals surface area (Å²) >= 11 is 0. The van der Waals surface area contributed by atoms with Crippen LogP contribution in [0, 0.1) is 12.7 Å². The second kappa shape index (κ2) is 5.87. The van der Waals surface area contributed by atoms with Gasteiger partial charge in [-0.15, -0.1) is 0 Å². The average molecular weight is 271 g/mol. The third-order valence-electron chi connectivity index (χ3n) is 3.31. The van der Waals surface area contributed by atoms with Crippen LogP contribution in [0.5, 0.6) is 0 Å². The lowest BCUT2D eigenvalue weighted by molar-refractivity contribution is 0.101. The molecule has 0 heterocycles. The number of hydrogen-bond donors (Lipinski definition) is 0. The van der Waals surface area contributed by atoms with E-state index in [0.717, 1.165) is 11.3 Å². The molecule has 104 valence electrons. The van der Waals surface area contributed by atoms with Crippen LogP contribution in [0.15, 0.2) is 42.5 Å². The molecule has 0 unspecified atom stereocenters. The lowest BCUT2D eigenvalue weighted by Gasteiger charge is -2.24. The second-order valence-corrected chi connectivity index (χ2v) is 4.80. The quantitative estimate of drug-likeness (QED) is 0.763. The van der Waals surface area contributed by atoms with E-state index in [2.05, 4.69) is 0 Å². The Morgan fingerprint density at radius 1 is 1.15 bits per heavy atom. The molecule has 20 heavy (non-hydrogen) atoms. The Kier molecular flexibility index (Phi) is 4.18. The molecule has 0 radical (unpaired) electrons. The van der Waals surface area contributed by atoms with Crippen molar-refractivity contribution in [1.82, 2.24) is 0 Å². The van der Waals surface area contributed by atoms with E-state index in [1.54, 1.807) is 12.1 Å². The molecule has 2 nitrogen and oxygen atoms in total. The molecular weight excluding hydrogens is 253 g/mol. The van der Waals surface area contributed by atoms with Crippen LogP contribution in [0.4, 0.5) is 15.8 Å². The van der Waals surface area contributed by atoms with Gasteiger partial charge >= 0.3 is 0 Å². The van der Waals surface area contributed by atoms with Gasteiger partial charge in [-0.2, -0.15) is 0 Å². The molecule has 0 amide bonds. The highest BCUT2D eigenvalue weighted by molar-refractivity contribution is 5.94. The van der Waals surface area contributed by atoms with Crippen LogP contribution in [-0.2, 0) is 0 Å². The van der Waals surface area contributed by atoms with E-state index in [4.69, 9.17) is 0 Å². The maximum absolute atomic E-state index is 14.2. The van der Waals surface area contributed by atoms with Gasteiger partial charge in [0.05, 0.1) is 5.69 Å². The fourth-order valence-corrected chi connectivity index (χ4v) is 2.16. The Morgan fingerprint density at radius 3 is 2.30 bits per heavy atom. The number of carbonyl (C=O) groups excluding carboxylic acids is 1. The predicted molar refractivity (Wildman–Crippen MR) is 80.3 cm³/mol. The van der Waals surface area contributed by atoms with Gasteiger partial charge in [-0.3, -0.25) is 4.79 Å². The number of rotatable bonds is 4. The predicted octanol–water partition coefficient (Wildman–Crippen LogP) is 4.49. The zero-order valence-electron chi connectivity index (χ0n) is 12.0. The second-order valence-electron chi connectivity index (χ2n) is 4.80. The standard InChI is InChI=1S/C17H18FNO/c1-4-19(15-8-5-12(2)6-9-15)17-10-7-14(13(3)20)11-16(17)18/h5-11H,4H2,1-3H3. The minimum Gasteiger partial charge on any atom is -0.339 e. The van der Waals surface area contributed by atoms with Gasteiger partial charge in [0.15, 0.2) is 5.78 Å². The van der Waals surface area contributed by atoms with Crippen LogP contribution >= 0.6 is 0 Å². The molecule has 0 bridgehead atoms. The maximum Gasteiger partial charge on any atom is 0.159 e. The molecular formula is C17H18FNO. The molecule has 0 spiro atoms. The molecule has 2 aromatic carbocycles. The summed E-state index contributed by atoms with van der Waals surface area (Å²) in [5, 5.41) is 0. The van der Waals surface area contributed by atoms with Crippen molar-refractivity contribution < 1.29 is 9.18 Å². The van der Waals surface area contributed by atoms with Crippen molar-refractivity contribution in [3.8, 4) is 0 Å². The van der Waals surface area contributed by atoms with Crippen molar-refractivity contribution in [3.63, 3.8) is 0 Å². The Balaban J connectivity index is 2.41. The number of carbonyl (C=O) groups is 1. The van der Waals surface area contributed by atoms with Crippen LogP contribution in [0.25, 0.3) is 0 Å². The first-order valence-corrected chi connectivity index (χ1v) is 6.67. The molecule has 0 saturated carbocycles. The Labute approximate surface area is 118 Å². The Bertz CT molecular complexity index is 619. The summed E-state index contributed by atoms with van der Waals surface area (Å²) in [6.07, 6.45) is 0. The van der Waals surface area contributed by atoms with Gasteiger partial charge in [0.25, 0.3) is 0 Å². The fourth-order valence-electron chi connectivity index (χ4n) is 2.16. The average Bonchev–Trinajstić information content (AvgIpc) is 2.43. The van der Waals surface area contributed by atoms with Crippen molar-refractivity contribution in [2.45, 2.75) is 20.8 Å². The summed E-state index contributed by atoms with van der Waals surface area (Å²) < 4.78 is 14.2. The molecule has 0 aliphatic rings. The van der Waals surface area contributed by atoms with Gasteiger partial charge in [-0.05, 0) is 51.1 Å². The highest BCUT2D eigenvalue weighted by Gasteiger charge is 2.13. The van der Waals surface area contributed by atoms with E-state index in [0.29, 0.717) is 17.8 Å². The van der Waals surface area contributed by atoms with Gasteiger partial charge in [0.2, 0.25) is 0 Å². The first-order valence-electron chi connectivity index (χ1n) is 6.67. The minimum absolute atomic E-state index is 0.131. The monoisotopic (exact) mass is 271 g/mol. The zero-order chi connectivity index (χ0) is 14.7. The third kappa shape index (κ3) is 2.87. The molecule has 0 N–H and O–H groups in total. The van der Waals surface area contributed by atoms with E-state index < -0.39 is 0 Å². The minimum atomic E-state index is -0.375. The van der Waals surface area contributed by atoms with E-state index in [1.165, 1.54) is 13.0 Å². The van der Waals surface area contributed by atoms with Crippen molar-refractivity contribution in [1.29, 1.82) is 0 Å². The van der Waals surface area contributed by atoms with E-state index in [9.17, 15) is 9.18 Å². The molecule has 0 aromatic heterocycles. The van der Waals surface area contributed by atoms with Gasteiger partial charge in [0, 0.05) is 17.8 Å². The summed E-state index contributed by atoms with van der Waals surface area (Å²) in [5.74, 6) is -0.506. The Hall–Kier alpha value is -2.16. The summed E-state index contributed by atoms with van der Waals surface area (Å²) in [6.45, 7) is 6.08. The molecule has 2 rings (SSSR count). The van der Waals surface area contributed by atoms with E-state index in [1.807, 2.05) is 43.0 Å². The molecule has 0 aliphatic heterocycles.